The van der Waals surface area contributed by atoms with Gasteiger partial charge in [-0.15, -0.1) is 22.7 Å². The number of carbonyl (C=O) groups excluding carboxylic acids is 2. The summed E-state index contributed by atoms with van der Waals surface area (Å²) in [6, 6.07) is 0. The van der Waals surface area contributed by atoms with Crippen LogP contribution in [0.5, 0.6) is 0 Å². The fraction of sp³-hybridized carbons (Fsp3) is 0.467. The summed E-state index contributed by atoms with van der Waals surface area (Å²) in [5.41, 5.74) is 1.38. The van der Waals surface area contributed by atoms with E-state index in [4.69, 9.17) is 0 Å². The van der Waals surface area contributed by atoms with E-state index in [1.165, 1.54) is 11.3 Å². The third-order valence-electron chi connectivity index (χ3n) is 3.06. The summed E-state index contributed by atoms with van der Waals surface area (Å²) in [4.78, 5) is 31.6. The molecule has 4 nitrogen and oxygen atoms in total. The Morgan fingerprint density at radius 3 is 2.48 bits per heavy atom. The van der Waals surface area contributed by atoms with Gasteiger partial charge in [0.1, 0.15) is 22.2 Å². The van der Waals surface area contributed by atoms with Crippen molar-refractivity contribution in [3.63, 3.8) is 0 Å². The zero-order valence-electron chi connectivity index (χ0n) is 12.2. The van der Waals surface area contributed by atoms with Crippen LogP contribution >= 0.6 is 22.7 Å². The second kappa shape index (κ2) is 7.56. The molecule has 0 saturated carbocycles. The van der Waals surface area contributed by atoms with Crippen LogP contribution < -0.4 is 0 Å². The van der Waals surface area contributed by atoms with Gasteiger partial charge in [0.05, 0.1) is 5.01 Å². The van der Waals surface area contributed by atoms with Crippen LogP contribution in [0.3, 0.4) is 0 Å². The van der Waals surface area contributed by atoms with Crippen LogP contribution in [-0.4, -0.2) is 21.5 Å². The van der Waals surface area contributed by atoms with E-state index in [0.717, 1.165) is 35.0 Å². The number of thiazole rings is 2. The Bertz CT molecular complexity index is 631. The number of ketones is 2. The van der Waals surface area contributed by atoms with Crippen LogP contribution in [0.15, 0.2) is 10.8 Å². The Labute approximate surface area is 132 Å². The van der Waals surface area contributed by atoms with Crippen LogP contribution in [0.4, 0.5) is 0 Å². The molecule has 0 fully saturated rings. The van der Waals surface area contributed by atoms with Gasteiger partial charge < -0.3 is 4.79 Å². The van der Waals surface area contributed by atoms with Gasteiger partial charge in [0.2, 0.25) is 0 Å². The molecule has 112 valence electrons. The fourth-order valence-corrected chi connectivity index (χ4v) is 3.40. The maximum Gasteiger partial charge on any atom is 0.182 e. The lowest BCUT2D eigenvalue weighted by atomic mass is 10.1. The van der Waals surface area contributed by atoms with E-state index in [2.05, 4.69) is 9.97 Å². The van der Waals surface area contributed by atoms with E-state index in [0.29, 0.717) is 18.5 Å². The van der Waals surface area contributed by atoms with Crippen LogP contribution in [-0.2, 0) is 4.79 Å². The molecule has 2 rings (SSSR count). The summed E-state index contributed by atoms with van der Waals surface area (Å²) in [6.45, 7) is 3.55. The van der Waals surface area contributed by atoms with Gasteiger partial charge in [-0.25, -0.2) is 9.97 Å². The maximum absolute atomic E-state index is 12.1. The van der Waals surface area contributed by atoms with Gasteiger partial charge in [0.25, 0.3) is 0 Å². The van der Waals surface area contributed by atoms with Crippen molar-refractivity contribution >= 4 is 34.2 Å². The molecule has 2 heterocycles. The van der Waals surface area contributed by atoms with E-state index in [-0.39, 0.29) is 11.6 Å². The molecule has 0 unspecified atom stereocenters. The molecular weight excluding hydrogens is 304 g/mol. The summed E-state index contributed by atoms with van der Waals surface area (Å²) < 4.78 is 0. The molecule has 0 aromatic carbocycles. The minimum atomic E-state index is 0.0762. The molecule has 0 atom stereocenters. The van der Waals surface area contributed by atoms with Gasteiger partial charge in [-0.2, -0.15) is 0 Å². The number of aromatic nitrogens is 2. The number of aryl methyl sites for hydroxylation is 1. The van der Waals surface area contributed by atoms with E-state index < -0.39 is 0 Å². The van der Waals surface area contributed by atoms with Crippen molar-refractivity contribution in [2.24, 2.45) is 0 Å². The number of carbonyl (C=O) groups is 2. The third-order valence-corrected chi connectivity index (χ3v) is 4.70. The van der Waals surface area contributed by atoms with E-state index in [1.54, 1.807) is 18.3 Å². The molecule has 0 aliphatic carbocycles. The van der Waals surface area contributed by atoms with Gasteiger partial charge in [-0.3, -0.25) is 4.79 Å². The zero-order chi connectivity index (χ0) is 15.2. The predicted molar refractivity (Wildman–Crippen MR) is 86.1 cm³/mol. The average molecular weight is 322 g/mol. The van der Waals surface area contributed by atoms with Crippen molar-refractivity contribution in [2.45, 2.75) is 46.0 Å². The average Bonchev–Trinajstić information content (AvgIpc) is 3.06. The number of hydrogen-bond donors (Lipinski definition) is 0. The molecule has 0 amide bonds. The highest BCUT2D eigenvalue weighted by molar-refractivity contribution is 7.14. The Hall–Kier alpha value is -1.40. The monoisotopic (exact) mass is 322 g/mol. The number of Topliss-reactive ketones (excluding diaryl/α,β-unsaturated/α-hetero) is 2. The number of hydrogen-bond acceptors (Lipinski definition) is 6. The lowest BCUT2D eigenvalue weighted by Gasteiger charge is -1.98. The summed E-state index contributed by atoms with van der Waals surface area (Å²) in [5.74, 6) is 0.288. The molecule has 0 saturated heterocycles. The first kappa shape index (κ1) is 16.0. The topological polar surface area (TPSA) is 59.9 Å². The van der Waals surface area contributed by atoms with Crippen molar-refractivity contribution in [3.05, 3.63) is 21.5 Å². The highest BCUT2D eigenvalue weighted by atomic mass is 32.1. The third kappa shape index (κ3) is 4.82. The maximum atomic E-state index is 12.1. The van der Waals surface area contributed by atoms with Crippen molar-refractivity contribution in [1.82, 2.24) is 9.97 Å². The second-order valence-corrected chi connectivity index (χ2v) is 6.90. The molecule has 0 radical (unpaired) electrons. The van der Waals surface area contributed by atoms with Crippen LogP contribution in [0.25, 0.3) is 10.7 Å². The van der Waals surface area contributed by atoms with Crippen molar-refractivity contribution in [2.75, 3.05) is 0 Å². The van der Waals surface area contributed by atoms with Gasteiger partial charge in [0, 0.05) is 23.6 Å². The number of nitrogens with zero attached hydrogens (tertiary/aromatic N) is 2. The lowest BCUT2D eigenvalue weighted by Crippen LogP contribution is -1.99. The molecule has 0 bridgehead atoms. The fourth-order valence-electron chi connectivity index (χ4n) is 1.95. The molecule has 0 aliphatic rings. The molecule has 6 heteroatoms. The molecule has 2 aromatic rings. The highest BCUT2D eigenvalue weighted by Gasteiger charge is 2.13. The first-order chi connectivity index (χ1) is 10.1. The van der Waals surface area contributed by atoms with Gasteiger partial charge in [-0.05, 0) is 26.7 Å². The normalized spacial score (nSPS) is 10.8. The number of unbranched alkanes of at least 4 members (excludes halogenated alkanes) is 2. The molecule has 2 aromatic heterocycles. The Morgan fingerprint density at radius 1 is 1.05 bits per heavy atom. The predicted octanol–water partition coefficient (Wildman–Crippen LogP) is 4.30. The Kier molecular flexibility index (Phi) is 5.76. The van der Waals surface area contributed by atoms with Gasteiger partial charge in [0.15, 0.2) is 5.78 Å². The minimum Gasteiger partial charge on any atom is -0.300 e. The van der Waals surface area contributed by atoms with E-state index >= 15 is 0 Å². The van der Waals surface area contributed by atoms with E-state index in [9.17, 15) is 9.59 Å². The summed E-state index contributed by atoms with van der Waals surface area (Å²) in [7, 11) is 0. The lowest BCUT2D eigenvalue weighted by molar-refractivity contribution is -0.117. The van der Waals surface area contributed by atoms with E-state index in [1.807, 2.05) is 17.7 Å². The second-order valence-electron chi connectivity index (χ2n) is 4.98. The van der Waals surface area contributed by atoms with Gasteiger partial charge >= 0.3 is 0 Å². The first-order valence-electron chi connectivity index (χ1n) is 6.97. The SMILES string of the molecule is CC(=O)CCCCCC(=O)c1csc(-c2csc(C)n2)n1. The minimum absolute atomic E-state index is 0.0762. The van der Waals surface area contributed by atoms with Crippen molar-refractivity contribution in [3.8, 4) is 10.7 Å². The molecule has 0 spiro atoms. The van der Waals surface area contributed by atoms with Crippen LogP contribution in [0.2, 0.25) is 0 Å². The first-order valence-corrected chi connectivity index (χ1v) is 8.73. The summed E-state index contributed by atoms with van der Waals surface area (Å²) in [6.07, 6.45) is 3.70. The zero-order valence-corrected chi connectivity index (χ0v) is 13.9. The molecule has 0 aliphatic heterocycles. The molecule has 21 heavy (non-hydrogen) atoms. The van der Waals surface area contributed by atoms with Crippen LogP contribution in [0, 0.1) is 6.92 Å². The quantitative estimate of drug-likeness (QED) is 0.537. The number of rotatable bonds is 8. The molecule has 0 N–H and O–H groups in total. The largest absolute Gasteiger partial charge is 0.300 e. The highest BCUT2D eigenvalue weighted by Crippen LogP contribution is 2.25. The standard InChI is InChI=1S/C15H18N2O2S2/c1-10(18)6-4-3-5-7-14(19)12-8-21-15(17-12)13-9-20-11(2)16-13/h8-9H,3-7H2,1-2H3. The van der Waals surface area contributed by atoms with Crippen molar-refractivity contribution in [1.29, 1.82) is 0 Å². The van der Waals surface area contributed by atoms with Crippen LogP contribution in [0.1, 0.15) is 54.5 Å². The Balaban J connectivity index is 1.83. The van der Waals surface area contributed by atoms with Crippen molar-refractivity contribution < 1.29 is 9.59 Å². The smallest absolute Gasteiger partial charge is 0.182 e. The molecular formula is C15H18N2O2S2. The van der Waals surface area contributed by atoms with Gasteiger partial charge in [-0.1, -0.05) is 6.42 Å². The Morgan fingerprint density at radius 2 is 1.81 bits per heavy atom. The summed E-state index contributed by atoms with van der Waals surface area (Å²) in [5, 5.41) is 5.57. The summed E-state index contributed by atoms with van der Waals surface area (Å²) >= 11 is 3.04.